The zero-order valence-corrected chi connectivity index (χ0v) is 10.2. The number of benzene rings is 1. The smallest absolute Gasteiger partial charge is 0.129 e. The van der Waals surface area contributed by atoms with Crippen molar-refractivity contribution in [1.29, 1.82) is 0 Å². The van der Waals surface area contributed by atoms with E-state index in [1.807, 2.05) is 0 Å². The highest BCUT2D eigenvalue weighted by molar-refractivity contribution is 5.21. The molecule has 2 N–H and O–H groups in total. The fraction of sp³-hybridized carbons (Fsp3) is 0.538. The van der Waals surface area contributed by atoms with E-state index in [9.17, 15) is 13.9 Å². The Labute approximate surface area is 101 Å². The molecular weight excluding hydrogens is 224 g/mol. The first-order valence-corrected chi connectivity index (χ1v) is 5.84. The number of halogens is 2. The summed E-state index contributed by atoms with van der Waals surface area (Å²) in [7, 11) is 0. The van der Waals surface area contributed by atoms with Crippen LogP contribution in [0, 0.1) is 17.6 Å². The lowest BCUT2D eigenvalue weighted by Gasteiger charge is -2.13. The molecule has 0 aliphatic heterocycles. The predicted octanol–water partition coefficient (Wildman–Crippen LogP) is 2.63. The second-order valence-electron chi connectivity index (χ2n) is 4.57. The van der Waals surface area contributed by atoms with E-state index < -0.39 is 17.7 Å². The van der Waals surface area contributed by atoms with Crippen LogP contribution in [0.5, 0.6) is 0 Å². The first-order chi connectivity index (χ1) is 8.00. The SMILES string of the molecule is CC(C)CCNCC(O)c1cc(F)ccc1F. The van der Waals surface area contributed by atoms with Gasteiger partial charge in [0.25, 0.3) is 0 Å². The maximum Gasteiger partial charge on any atom is 0.129 e. The third kappa shape index (κ3) is 4.79. The van der Waals surface area contributed by atoms with Gasteiger partial charge >= 0.3 is 0 Å². The van der Waals surface area contributed by atoms with Crippen LogP contribution in [0.15, 0.2) is 18.2 Å². The molecule has 1 aromatic carbocycles. The van der Waals surface area contributed by atoms with Crippen molar-refractivity contribution < 1.29 is 13.9 Å². The Morgan fingerprint density at radius 2 is 2.00 bits per heavy atom. The molecule has 0 saturated heterocycles. The molecule has 0 spiro atoms. The molecule has 2 nitrogen and oxygen atoms in total. The second kappa shape index (κ2) is 6.67. The topological polar surface area (TPSA) is 32.3 Å². The summed E-state index contributed by atoms with van der Waals surface area (Å²) in [6, 6.07) is 3.10. The second-order valence-corrected chi connectivity index (χ2v) is 4.57. The molecule has 4 heteroatoms. The highest BCUT2D eigenvalue weighted by Crippen LogP contribution is 2.17. The molecule has 96 valence electrons. The minimum atomic E-state index is -1.02. The van der Waals surface area contributed by atoms with Crippen molar-refractivity contribution in [3.05, 3.63) is 35.4 Å². The van der Waals surface area contributed by atoms with E-state index in [1.54, 1.807) is 0 Å². The molecule has 0 aromatic heterocycles. The van der Waals surface area contributed by atoms with Crippen molar-refractivity contribution in [3.63, 3.8) is 0 Å². The van der Waals surface area contributed by atoms with Crippen molar-refractivity contribution >= 4 is 0 Å². The quantitative estimate of drug-likeness (QED) is 0.753. The minimum absolute atomic E-state index is 0.00190. The van der Waals surface area contributed by atoms with Crippen LogP contribution in [-0.4, -0.2) is 18.2 Å². The van der Waals surface area contributed by atoms with E-state index in [2.05, 4.69) is 19.2 Å². The fourth-order valence-electron chi connectivity index (χ4n) is 1.51. The summed E-state index contributed by atoms with van der Waals surface area (Å²) in [5.41, 5.74) is 0.00190. The Bertz CT molecular complexity index is 355. The molecule has 0 heterocycles. The molecule has 0 amide bonds. The molecule has 1 unspecified atom stereocenters. The van der Waals surface area contributed by atoms with Gasteiger partial charge in [0.05, 0.1) is 6.10 Å². The molecule has 17 heavy (non-hydrogen) atoms. The van der Waals surface area contributed by atoms with Crippen molar-refractivity contribution in [2.45, 2.75) is 26.4 Å². The van der Waals surface area contributed by atoms with Gasteiger partial charge in [-0.25, -0.2) is 8.78 Å². The Morgan fingerprint density at radius 1 is 1.29 bits per heavy atom. The highest BCUT2D eigenvalue weighted by atomic mass is 19.1. The third-order valence-corrected chi connectivity index (χ3v) is 2.55. The third-order valence-electron chi connectivity index (χ3n) is 2.55. The zero-order chi connectivity index (χ0) is 12.8. The Hall–Kier alpha value is -1.00. The first kappa shape index (κ1) is 14.1. The van der Waals surface area contributed by atoms with Gasteiger partial charge < -0.3 is 10.4 Å². The van der Waals surface area contributed by atoms with Gasteiger partial charge in [0, 0.05) is 12.1 Å². The van der Waals surface area contributed by atoms with E-state index in [1.165, 1.54) is 0 Å². The minimum Gasteiger partial charge on any atom is -0.387 e. The average Bonchev–Trinajstić information content (AvgIpc) is 2.27. The maximum atomic E-state index is 13.3. The number of aliphatic hydroxyl groups excluding tert-OH is 1. The molecule has 0 bridgehead atoms. The summed E-state index contributed by atoms with van der Waals surface area (Å²) in [5.74, 6) is -0.544. The summed E-state index contributed by atoms with van der Waals surface area (Å²) in [6.45, 7) is 5.19. The van der Waals surface area contributed by atoms with Crippen molar-refractivity contribution in [3.8, 4) is 0 Å². The van der Waals surface area contributed by atoms with Crippen LogP contribution in [0.25, 0.3) is 0 Å². The Balaban J connectivity index is 2.46. The van der Waals surface area contributed by atoms with Gasteiger partial charge in [-0.05, 0) is 37.1 Å². The van der Waals surface area contributed by atoms with Gasteiger partial charge in [-0.15, -0.1) is 0 Å². The van der Waals surface area contributed by atoms with Crippen molar-refractivity contribution in [2.75, 3.05) is 13.1 Å². The van der Waals surface area contributed by atoms with E-state index in [0.717, 1.165) is 31.2 Å². The molecule has 0 aliphatic rings. The van der Waals surface area contributed by atoms with Crippen LogP contribution in [-0.2, 0) is 0 Å². The largest absolute Gasteiger partial charge is 0.387 e. The van der Waals surface area contributed by atoms with Gasteiger partial charge in [0.1, 0.15) is 11.6 Å². The number of hydrogen-bond donors (Lipinski definition) is 2. The van der Waals surface area contributed by atoms with Crippen LogP contribution >= 0.6 is 0 Å². The van der Waals surface area contributed by atoms with E-state index in [4.69, 9.17) is 0 Å². The first-order valence-electron chi connectivity index (χ1n) is 5.84. The molecular formula is C13H19F2NO. The molecule has 0 aliphatic carbocycles. The summed E-state index contributed by atoms with van der Waals surface area (Å²) >= 11 is 0. The summed E-state index contributed by atoms with van der Waals surface area (Å²) in [4.78, 5) is 0. The zero-order valence-electron chi connectivity index (χ0n) is 10.2. The Kier molecular flexibility index (Phi) is 5.51. The van der Waals surface area contributed by atoms with Crippen LogP contribution in [0.1, 0.15) is 31.9 Å². The maximum absolute atomic E-state index is 13.3. The van der Waals surface area contributed by atoms with Gasteiger partial charge in [0.2, 0.25) is 0 Å². The number of hydrogen-bond acceptors (Lipinski definition) is 2. The molecule has 1 aromatic rings. The van der Waals surface area contributed by atoms with Gasteiger partial charge in [-0.1, -0.05) is 13.8 Å². The van der Waals surface area contributed by atoms with E-state index in [0.29, 0.717) is 5.92 Å². The van der Waals surface area contributed by atoms with Gasteiger partial charge in [0.15, 0.2) is 0 Å². The van der Waals surface area contributed by atoms with Gasteiger partial charge in [-0.2, -0.15) is 0 Å². The normalized spacial score (nSPS) is 13.1. The molecule has 0 fully saturated rings. The summed E-state index contributed by atoms with van der Waals surface area (Å²) < 4.78 is 26.2. The summed E-state index contributed by atoms with van der Waals surface area (Å²) in [5, 5.41) is 12.7. The highest BCUT2D eigenvalue weighted by Gasteiger charge is 2.13. The lowest BCUT2D eigenvalue weighted by atomic mass is 10.1. The van der Waals surface area contributed by atoms with Crippen LogP contribution in [0.4, 0.5) is 8.78 Å². The van der Waals surface area contributed by atoms with Gasteiger partial charge in [-0.3, -0.25) is 0 Å². The predicted molar refractivity (Wildman–Crippen MR) is 63.6 cm³/mol. The lowest BCUT2D eigenvalue weighted by Crippen LogP contribution is -2.24. The van der Waals surface area contributed by atoms with Crippen LogP contribution in [0.2, 0.25) is 0 Å². The lowest BCUT2D eigenvalue weighted by molar-refractivity contribution is 0.169. The Morgan fingerprint density at radius 3 is 2.65 bits per heavy atom. The number of rotatable bonds is 6. The van der Waals surface area contributed by atoms with Crippen molar-refractivity contribution in [1.82, 2.24) is 5.32 Å². The molecule has 0 radical (unpaired) electrons. The van der Waals surface area contributed by atoms with E-state index >= 15 is 0 Å². The van der Waals surface area contributed by atoms with Crippen LogP contribution < -0.4 is 5.32 Å². The molecule has 1 atom stereocenters. The fourth-order valence-corrected chi connectivity index (χ4v) is 1.51. The summed E-state index contributed by atoms with van der Waals surface area (Å²) in [6.07, 6.45) is -0.0314. The van der Waals surface area contributed by atoms with Crippen molar-refractivity contribution in [2.24, 2.45) is 5.92 Å². The van der Waals surface area contributed by atoms with E-state index in [-0.39, 0.29) is 12.1 Å². The number of aliphatic hydroxyl groups is 1. The molecule has 0 saturated carbocycles. The number of nitrogens with one attached hydrogen (secondary N) is 1. The average molecular weight is 243 g/mol. The monoisotopic (exact) mass is 243 g/mol. The van der Waals surface area contributed by atoms with Crippen LogP contribution in [0.3, 0.4) is 0 Å². The molecule has 1 rings (SSSR count). The standard InChI is InChI=1S/C13H19F2NO/c1-9(2)5-6-16-8-13(17)11-7-10(14)3-4-12(11)15/h3-4,7,9,13,16-17H,5-6,8H2,1-2H3.